The monoisotopic (exact) mass is 400 g/mol. The van der Waals surface area contributed by atoms with Gasteiger partial charge in [-0.2, -0.15) is 0 Å². The number of halogens is 2. The summed E-state index contributed by atoms with van der Waals surface area (Å²) in [5.74, 6) is -0.935. The molecule has 128 valence electrons. The second-order valence-electron chi connectivity index (χ2n) is 5.20. The molecule has 1 heterocycles. The first-order valence-corrected chi connectivity index (χ1v) is 10.6. The van der Waals surface area contributed by atoms with E-state index in [0.29, 0.717) is 6.42 Å². The molecule has 1 saturated heterocycles. The maximum absolute atomic E-state index is 12.1. The zero-order valence-corrected chi connectivity index (χ0v) is 14.9. The molecule has 0 bridgehead atoms. The highest BCUT2D eigenvalue weighted by atomic mass is 35.5. The molecule has 0 radical (unpaired) electrons. The van der Waals surface area contributed by atoms with Gasteiger partial charge in [-0.05, 0) is 30.5 Å². The van der Waals surface area contributed by atoms with Crippen molar-refractivity contribution in [2.24, 2.45) is 5.92 Å². The van der Waals surface area contributed by atoms with Crippen LogP contribution in [0.1, 0.15) is 12.8 Å². The Kier molecular flexibility index (Phi) is 5.57. The largest absolute Gasteiger partial charge is 0.278 e. The second-order valence-corrected chi connectivity index (χ2v) is 9.92. The van der Waals surface area contributed by atoms with Crippen LogP contribution in [0.5, 0.6) is 0 Å². The molecule has 7 nitrogen and oxygen atoms in total. The minimum Gasteiger partial charge on any atom is -0.278 e. The quantitative estimate of drug-likeness (QED) is 0.719. The van der Waals surface area contributed by atoms with E-state index in [0.717, 1.165) is 6.07 Å². The third-order valence-electron chi connectivity index (χ3n) is 3.31. The lowest BCUT2D eigenvalue weighted by Crippen LogP contribution is -2.42. The standard InChI is InChI=1S/C12H14Cl2N2O5S2/c13-9-1-2-10(14)11(6-9)23(20,21)16-15-12(17)5-8-3-4-22(18,19)7-8/h1-2,6,8,16H,3-5,7H2,(H,15,17)/t8-/m1/s1. The molecule has 1 aliphatic heterocycles. The summed E-state index contributed by atoms with van der Waals surface area (Å²) in [5, 5.41) is 0.135. The molecule has 1 atom stereocenters. The minimum absolute atomic E-state index is 0.0435. The van der Waals surface area contributed by atoms with Crippen LogP contribution >= 0.6 is 23.2 Å². The summed E-state index contributed by atoms with van der Waals surface area (Å²) in [6, 6.07) is 3.91. The van der Waals surface area contributed by atoms with Crippen LogP contribution in [-0.4, -0.2) is 34.2 Å². The lowest BCUT2D eigenvalue weighted by molar-refractivity contribution is -0.122. The fraction of sp³-hybridized carbons (Fsp3) is 0.417. The number of amides is 1. The first-order chi connectivity index (χ1) is 10.6. The number of rotatable bonds is 5. The first-order valence-electron chi connectivity index (χ1n) is 6.55. The van der Waals surface area contributed by atoms with Crippen molar-refractivity contribution < 1.29 is 21.6 Å². The summed E-state index contributed by atoms with van der Waals surface area (Å²) in [6.07, 6.45) is 0.313. The molecule has 0 unspecified atom stereocenters. The Bertz CT molecular complexity index is 824. The van der Waals surface area contributed by atoms with Crippen molar-refractivity contribution in [3.8, 4) is 0 Å². The Hall–Kier alpha value is -0.870. The van der Waals surface area contributed by atoms with Crippen molar-refractivity contribution >= 4 is 49.0 Å². The van der Waals surface area contributed by atoms with Gasteiger partial charge in [0.15, 0.2) is 9.84 Å². The van der Waals surface area contributed by atoms with E-state index in [-0.39, 0.29) is 38.8 Å². The molecule has 1 aromatic rings. The van der Waals surface area contributed by atoms with Gasteiger partial charge in [-0.1, -0.05) is 23.2 Å². The highest BCUT2D eigenvalue weighted by Gasteiger charge is 2.29. The van der Waals surface area contributed by atoms with Crippen molar-refractivity contribution in [1.82, 2.24) is 10.3 Å². The molecule has 0 aromatic heterocycles. The molecule has 11 heteroatoms. The van der Waals surface area contributed by atoms with Crippen LogP contribution in [0.25, 0.3) is 0 Å². The third kappa shape index (κ3) is 5.05. The van der Waals surface area contributed by atoms with Crippen LogP contribution in [0.15, 0.2) is 23.1 Å². The Morgan fingerprint density at radius 1 is 1.30 bits per heavy atom. The lowest BCUT2D eigenvalue weighted by Gasteiger charge is -2.11. The van der Waals surface area contributed by atoms with Crippen molar-refractivity contribution in [1.29, 1.82) is 0 Å². The molecule has 2 rings (SSSR count). The van der Waals surface area contributed by atoms with E-state index in [9.17, 15) is 21.6 Å². The van der Waals surface area contributed by atoms with Gasteiger partial charge in [-0.15, -0.1) is 4.83 Å². The average molecular weight is 401 g/mol. The molecule has 2 N–H and O–H groups in total. The number of hydrazine groups is 1. The van der Waals surface area contributed by atoms with Gasteiger partial charge < -0.3 is 0 Å². The van der Waals surface area contributed by atoms with Crippen LogP contribution in [0, 0.1) is 5.92 Å². The van der Waals surface area contributed by atoms with Crippen LogP contribution in [-0.2, 0) is 24.7 Å². The number of nitrogens with one attached hydrogen (secondary N) is 2. The van der Waals surface area contributed by atoms with E-state index in [1.165, 1.54) is 12.1 Å². The molecule has 1 aliphatic rings. The molecule has 0 saturated carbocycles. The van der Waals surface area contributed by atoms with E-state index >= 15 is 0 Å². The maximum Gasteiger partial charge on any atom is 0.258 e. The van der Waals surface area contributed by atoms with Gasteiger partial charge in [0.1, 0.15) is 4.90 Å². The molecule has 1 aromatic carbocycles. The number of carbonyl (C=O) groups is 1. The van der Waals surface area contributed by atoms with Crippen molar-refractivity contribution in [2.75, 3.05) is 11.5 Å². The predicted molar refractivity (Wildman–Crippen MR) is 86.3 cm³/mol. The van der Waals surface area contributed by atoms with Crippen LogP contribution in [0.3, 0.4) is 0 Å². The number of carbonyl (C=O) groups excluding carboxylic acids is 1. The van der Waals surface area contributed by atoms with E-state index < -0.39 is 25.8 Å². The third-order valence-corrected chi connectivity index (χ3v) is 7.11. The zero-order chi connectivity index (χ0) is 17.3. The number of hydrogen-bond acceptors (Lipinski definition) is 5. The summed E-state index contributed by atoms with van der Waals surface area (Å²) in [7, 11) is -7.17. The van der Waals surface area contributed by atoms with Crippen molar-refractivity contribution in [3.05, 3.63) is 28.2 Å². The van der Waals surface area contributed by atoms with E-state index in [2.05, 4.69) is 0 Å². The highest BCUT2D eigenvalue weighted by Crippen LogP contribution is 2.24. The van der Waals surface area contributed by atoms with E-state index in [4.69, 9.17) is 23.2 Å². The summed E-state index contributed by atoms with van der Waals surface area (Å²) in [4.78, 5) is 13.4. The SMILES string of the molecule is O=C(C[C@H]1CCS(=O)(=O)C1)NNS(=O)(=O)c1cc(Cl)ccc1Cl. The fourth-order valence-electron chi connectivity index (χ4n) is 2.21. The lowest BCUT2D eigenvalue weighted by atomic mass is 10.1. The van der Waals surface area contributed by atoms with Gasteiger partial charge in [-0.3, -0.25) is 10.2 Å². The summed E-state index contributed by atoms with van der Waals surface area (Å²) >= 11 is 11.5. The smallest absolute Gasteiger partial charge is 0.258 e. The van der Waals surface area contributed by atoms with Crippen LogP contribution < -0.4 is 10.3 Å². The van der Waals surface area contributed by atoms with Crippen molar-refractivity contribution in [2.45, 2.75) is 17.7 Å². The predicted octanol–water partition coefficient (Wildman–Crippen LogP) is 1.13. The van der Waals surface area contributed by atoms with Crippen molar-refractivity contribution in [3.63, 3.8) is 0 Å². The topological polar surface area (TPSA) is 109 Å². The minimum atomic E-state index is -4.08. The zero-order valence-electron chi connectivity index (χ0n) is 11.8. The number of sulfonamides is 1. The molecule has 1 fully saturated rings. The fourth-order valence-corrected chi connectivity index (χ4v) is 5.69. The van der Waals surface area contributed by atoms with Gasteiger partial charge >= 0.3 is 0 Å². The highest BCUT2D eigenvalue weighted by molar-refractivity contribution is 7.91. The van der Waals surface area contributed by atoms with E-state index in [1.807, 2.05) is 10.3 Å². The molecule has 0 aliphatic carbocycles. The van der Waals surface area contributed by atoms with Crippen LogP contribution in [0.4, 0.5) is 0 Å². The Morgan fingerprint density at radius 3 is 2.61 bits per heavy atom. The summed E-state index contributed by atoms with van der Waals surface area (Å²) in [5.41, 5.74) is 2.05. The molecule has 1 amide bonds. The number of hydrogen-bond donors (Lipinski definition) is 2. The van der Waals surface area contributed by atoms with Gasteiger partial charge in [0.25, 0.3) is 10.0 Å². The normalized spacial score (nSPS) is 20.3. The van der Waals surface area contributed by atoms with Gasteiger partial charge in [0.2, 0.25) is 5.91 Å². The second kappa shape index (κ2) is 6.94. The van der Waals surface area contributed by atoms with Gasteiger partial charge in [-0.25, -0.2) is 16.8 Å². The molecule has 23 heavy (non-hydrogen) atoms. The maximum atomic E-state index is 12.1. The first kappa shape index (κ1) is 18.5. The average Bonchev–Trinajstić information content (AvgIpc) is 2.78. The number of benzene rings is 1. The van der Waals surface area contributed by atoms with E-state index in [1.54, 1.807) is 0 Å². The molecule has 0 spiro atoms. The number of sulfone groups is 1. The Morgan fingerprint density at radius 2 is 2.00 bits per heavy atom. The summed E-state index contributed by atoms with van der Waals surface area (Å²) < 4.78 is 46.8. The van der Waals surface area contributed by atoms with Crippen LogP contribution in [0.2, 0.25) is 10.0 Å². The Balaban J connectivity index is 1.97. The molecular weight excluding hydrogens is 387 g/mol. The van der Waals surface area contributed by atoms with Gasteiger partial charge in [0, 0.05) is 11.4 Å². The summed E-state index contributed by atoms with van der Waals surface area (Å²) in [6.45, 7) is 0. The molecular formula is C12H14Cl2N2O5S2. The van der Waals surface area contributed by atoms with Gasteiger partial charge in [0.05, 0.1) is 16.5 Å². The Labute approximate surface area is 144 Å².